The molecule has 6 heteroatoms. The number of amides is 1. The minimum Gasteiger partial charge on any atom is -0.488 e. The average Bonchev–Trinajstić information content (AvgIpc) is 2.81. The van der Waals surface area contributed by atoms with Gasteiger partial charge < -0.3 is 14.8 Å². The van der Waals surface area contributed by atoms with Gasteiger partial charge in [-0.05, 0) is 48.9 Å². The van der Waals surface area contributed by atoms with Crippen molar-refractivity contribution in [3.63, 3.8) is 0 Å². The molecule has 0 aliphatic carbocycles. The second kappa shape index (κ2) is 10.8. The first-order valence-corrected chi connectivity index (χ1v) is 11.0. The first-order valence-electron chi connectivity index (χ1n) is 11.0. The number of carbonyl (C=O) groups excluding carboxylic acids is 3. The van der Waals surface area contributed by atoms with E-state index in [0.717, 1.165) is 11.1 Å². The van der Waals surface area contributed by atoms with Gasteiger partial charge in [-0.2, -0.15) is 0 Å². The topological polar surface area (TPSA) is 81.7 Å². The second-order valence-corrected chi connectivity index (χ2v) is 9.05. The highest BCUT2D eigenvalue weighted by Crippen LogP contribution is 2.21. The van der Waals surface area contributed by atoms with Crippen molar-refractivity contribution in [1.29, 1.82) is 0 Å². The van der Waals surface area contributed by atoms with Gasteiger partial charge in [-0.3, -0.25) is 9.59 Å². The lowest BCUT2D eigenvalue weighted by Gasteiger charge is -2.17. The second-order valence-electron chi connectivity index (χ2n) is 9.05. The van der Waals surface area contributed by atoms with E-state index in [1.54, 1.807) is 48.5 Å². The average molecular weight is 460 g/mol. The Kier molecular flexibility index (Phi) is 7.84. The van der Waals surface area contributed by atoms with Crippen LogP contribution in [-0.4, -0.2) is 24.3 Å². The molecule has 1 N–H and O–H groups in total. The maximum Gasteiger partial charge on any atom is 0.342 e. The van der Waals surface area contributed by atoms with Crippen molar-refractivity contribution < 1.29 is 23.9 Å². The monoisotopic (exact) mass is 459 g/mol. The summed E-state index contributed by atoms with van der Waals surface area (Å²) in [6.07, 6.45) is 0. The van der Waals surface area contributed by atoms with Gasteiger partial charge in [0.1, 0.15) is 17.9 Å². The number of anilines is 1. The van der Waals surface area contributed by atoms with Gasteiger partial charge in [0.25, 0.3) is 0 Å². The summed E-state index contributed by atoms with van der Waals surface area (Å²) in [5.41, 5.74) is 2.81. The molecule has 0 fully saturated rings. The van der Waals surface area contributed by atoms with E-state index in [1.807, 2.05) is 52.0 Å². The number of esters is 1. The highest BCUT2D eigenvalue weighted by atomic mass is 16.5. The number of benzene rings is 3. The van der Waals surface area contributed by atoms with Crippen molar-refractivity contribution in [3.05, 3.63) is 95.1 Å². The van der Waals surface area contributed by atoms with E-state index in [9.17, 15) is 14.4 Å². The Balaban J connectivity index is 1.58. The zero-order chi connectivity index (χ0) is 24.7. The zero-order valence-corrected chi connectivity index (χ0v) is 19.9. The normalized spacial score (nSPS) is 10.9. The number of Topliss-reactive ketones (excluding diaryl/α,β-unsaturated/α-hetero) is 1. The van der Waals surface area contributed by atoms with Crippen LogP contribution in [0.25, 0.3) is 0 Å². The van der Waals surface area contributed by atoms with Crippen LogP contribution in [0.5, 0.6) is 5.75 Å². The van der Waals surface area contributed by atoms with Crippen molar-refractivity contribution in [2.45, 2.75) is 34.3 Å². The van der Waals surface area contributed by atoms with Crippen molar-refractivity contribution in [2.75, 3.05) is 11.9 Å². The molecular formula is C28H29NO5. The van der Waals surface area contributed by atoms with Crippen molar-refractivity contribution in [1.82, 2.24) is 0 Å². The fourth-order valence-electron chi connectivity index (χ4n) is 3.07. The molecule has 3 aromatic rings. The fraction of sp³-hybridized carbons (Fsp3) is 0.250. The minimum atomic E-state index is -0.637. The molecule has 0 radical (unpaired) electrons. The summed E-state index contributed by atoms with van der Waals surface area (Å²) in [7, 11) is 0. The number of hydrogen-bond acceptors (Lipinski definition) is 5. The summed E-state index contributed by atoms with van der Waals surface area (Å²) in [6.45, 7) is 7.37. The van der Waals surface area contributed by atoms with Gasteiger partial charge in [-0.25, -0.2) is 4.79 Å². The van der Waals surface area contributed by atoms with E-state index >= 15 is 0 Å². The Bertz CT molecular complexity index is 1180. The third-order valence-corrected chi connectivity index (χ3v) is 5.06. The van der Waals surface area contributed by atoms with Crippen molar-refractivity contribution in [2.24, 2.45) is 5.41 Å². The van der Waals surface area contributed by atoms with Gasteiger partial charge in [0.05, 0.1) is 0 Å². The lowest BCUT2D eigenvalue weighted by molar-refractivity contribution is -0.123. The largest absolute Gasteiger partial charge is 0.488 e. The van der Waals surface area contributed by atoms with Crippen molar-refractivity contribution >= 4 is 23.3 Å². The molecule has 176 valence electrons. The van der Waals surface area contributed by atoms with Gasteiger partial charge in [-0.1, -0.05) is 62.7 Å². The van der Waals surface area contributed by atoms with Gasteiger partial charge >= 0.3 is 5.97 Å². The van der Waals surface area contributed by atoms with E-state index in [-0.39, 0.29) is 17.3 Å². The molecule has 0 unspecified atom stereocenters. The van der Waals surface area contributed by atoms with E-state index < -0.39 is 18.0 Å². The molecule has 0 spiro atoms. The molecule has 0 aliphatic rings. The molecule has 34 heavy (non-hydrogen) atoms. The number of rotatable bonds is 8. The summed E-state index contributed by atoms with van der Waals surface area (Å²) in [6, 6.07) is 21.2. The van der Waals surface area contributed by atoms with Gasteiger partial charge in [-0.15, -0.1) is 0 Å². The van der Waals surface area contributed by atoms with E-state index in [1.165, 1.54) is 0 Å². The van der Waals surface area contributed by atoms with Crippen LogP contribution in [-0.2, 0) is 16.1 Å². The lowest BCUT2D eigenvalue weighted by Crippen LogP contribution is -2.27. The molecule has 3 aromatic carbocycles. The highest BCUT2D eigenvalue weighted by molar-refractivity contribution is 6.00. The fourth-order valence-corrected chi connectivity index (χ4v) is 3.07. The number of ketones is 1. The van der Waals surface area contributed by atoms with E-state index in [4.69, 9.17) is 9.47 Å². The Labute approximate surface area is 199 Å². The minimum absolute atomic E-state index is 0.121. The summed E-state index contributed by atoms with van der Waals surface area (Å²) in [4.78, 5) is 37.2. The molecule has 0 aliphatic heterocycles. The number of aryl methyl sites for hydroxylation is 1. The van der Waals surface area contributed by atoms with Crippen LogP contribution in [0.1, 0.15) is 52.6 Å². The Morgan fingerprint density at radius 3 is 2.26 bits per heavy atom. The van der Waals surface area contributed by atoms with Gasteiger partial charge in [0.2, 0.25) is 5.91 Å². The van der Waals surface area contributed by atoms with Crippen LogP contribution >= 0.6 is 0 Å². The van der Waals surface area contributed by atoms with Gasteiger partial charge in [0.15, 0.2) is 12.4 Å². The number of carbonyl (C=O) groups is 3. The number of hydrogen-bond donors (Lipinski definition) is 1. The third kappa shape index (κ3) is 6.78. The lowest BCUT2D eigenvalue weighted by atomic mass is 9.95. The van der Waals surface area contributed by atoms with Crippen LogP contribution in [0, 0.1) is 12.3 Å². The molecule has 6 nitrogen and oxygen atoms in total. The van der Waals surface area contributed by atoms with E-state index in [2.05, 4.69) is 5.32 Å². The highest BCUT2D eigenvalue weighted by Gasteiger charge is 2.21. The molecule has 1 amide bonds. The summed E-state index contributed by atoms with van der Waals surface area (Å²) in [5, 5.41) is 2.80. The Morgan fingerprint density at radius 2 is 1.59 bits per heavy atom. The molecule has 0 saturated carbocycles. The molecule has 0 atom stereocenters. The van der Waals surface area contributed by atoms with Gasteiger partial charge in [0, 0.05) is 16.7 Å². The quantitative estimate of drug-likeness (QED) is 0.350. The third-order valence-electron chi connectivity index (χ3n) is 5.06. The first-order chi connectivity index (χ1) is 16.1. The first kappa shape index (κ1) is 24.7. The Morgan fingerprint density at radius 1 is 0.882 bits per heavy atom. The predicted octanol–water partition coefficient (Wildman–Crippen LogP) is 5.60. The zero-order valence-electron chi connectivity index (χ0n) is 19.9. The molecule has 0 heterocycles. The number of nitrogens with one attached hydrogen (secondary N) is 1. The summed E-state index contributed by atoms with van der Waals surface area (Å²) < 4.78 is 11.1. The molecule has 0 saturated heterocycles. The molecular weight excluding hydrogens is 430 g/mol. The van der Waals surface area contributed by atoms with Crippen LogP contribution in [0.2, 0.25) is 0 Å². The SMILES string of the molecule is Cc1cccc(COc2ccccc2C(=O)OCC(=O)c2ccc(NC(=O)C(C)(C)C)cc2)c1. The molecule has 3 rings (SSSR count). The Hall–Kier alpha value is -3.93. The maximum atomic E-state index is 12.6. The smallest absolute Gasteiger partial charge is 0.342 e. The standard InChI is InChI=1S/C28H29NO5/c1-19-8-7-9-20(16-19)17-33-25-11-6-5-10-23(25)26(31)34-18-24(30)21-12-14-22(15-13-21)29-27(32)28(2,3)4/h5-16H,17-18H2,1-4H3,(H,29,32). The van der Waals surface area contributed by atoms with Crippen LogP contribution in [0.15, 0.2) is 72.8 Å². The van der Waals surface area contributed by atoms with Crippen LogP contribution < -0.4 is 10.1 Å². The van der Waals surface area contributed by atoms with Crippen molar-refractivity contribution in [3.8, 4) is 5.75 Å². The van der Waals surface area contributed by atoms with Crippen LogP contribution in [0.4, 0.5) is 5.69 Å². The molecule has 0 bridgehead atoms. The van der Waals surface area contributed by atoms with Crippen LogP contribution in [0.3, 0.4) is 0 Å². The maximum absolute atomic E-state index is 12.6. The molecule has 0 aromatic heterocycles. The summed E-state index contributed by atoms with van der Waals surface area (Å²) in [5.74, 6) is -0.716. The number of para-hydroxylation sites is 1. The van der Waals surface area contributed by atoms with E-state index in [0.29, 0.717) is 23.6 Å². The predicted molar refractivity (Wildman–Crippen MR) is 131 cm³/mol. The number of ether oxygens (including phenoxy) is 2. The summed E-state index contributed by atoms with van der Waals surface area (Å²) >= 11 is 0.